The molecule has 2 aliphatic carbocycles. The van der Waals surface area contributed by atoms with Crippen LogP contribution in [0.5, 0.6) is 5.75 Å². The molecule has 0 radical (unpaired) electrons. The van der Waals surface area contributed by atoms with Crippen LogP contribution >= 0.6 is 11.3 Å². The van der Waals surface area contributed by atoms with E-state index in [0.717, 1.165) is 40.1 Å². The summed E-state index contributed by atoms with van der Waals surface area (Å²) in [5.74, 6) is 1.78. The van der Waals surface area contributed by atoms with E-state index < -0.39 is 6.09 Å². The fraction of sp³-hybridized carbons (Fsp3) is 0.242. The van der Waals surface area contributed by atoms with Crippen molar-refractivity contribution in [3.8, 4) is 5.75 Å². The van der Waals surface area contributed by atoms with Crippen LogP contribution in [0.2, 0.25) is 0 Å². The molecule has 200 valence electrons. The Morgan fingerprint density at radius 2 is 1.88 bits per heavy atom. The number of carboxylic acid groups (broad SMARTS) is 1. The minimum atomic E-state index is -1.04. The number of pyridine rings is 1. The monoisotopic (exact) mass is 547 g/mol. The van der Waals surface area contributed by atoms with Gasteiger partial charge in [-0.15, -0.1) is 11.3 Å². The summed E-state index contributed by atoms with van der Waals surface area (Å²) in [5, 5.41) is 11.4. The number of nitrogens with zero attached hydrogens (tertiary/aromatic N) is 3. The van der Waals surface area contributed by atoms with E-state index in [1.807, 2.05) is 36.4 Å². The summed E-state index contributed by atoms with van der Waals surface area (Å²) in [5.41, 5.74) is 4.09. The van der Waals surface area contributed by atoms with E-state index in [1.165, 1.54) is 16.9 Å². The van der Waals surface area contributed by atoms with Gasteiger partial charge in [-0.05, 0) is 84.7 Å². The lowest BCUT2D eigenvalue weighted by Crippen LogP contribution is -2.37. The second-order valence-corrected chi connectivity index (χ2v) is 11.9. The molecule has 40 heavy (non-hydrogen) atoms. The van der Waals surface area contributed by atoms with Crippen LogP contribution in [0.25, 0.3) is 10.2 Å². The molecule has 0 saturated heterocycles. The molecule has 7 heteroatoms. The Morgan fingerprint density at radius 3 is 2.60 bits per heavy atom. The fourth-order valence-corrected chi connectivity index (χ4v) is 7.91. The van der Waals surface area contributed by atoms with Crippen LogP contribution in [-0.2, 0) is 12.0 Å². The highest BCUT2D eigenvalue weighted by Crippen LogP contribution is 2.62. The molecule has 2 aliphatic rings. The first-order valence-electron chi connectivity index (χ1n) is 13.7. The Bertz CT molecular complexity index is 1640. The third-order valence-electron chi connectivity index (χ3n) is 8.62. The maximum atomic E-state index is 12.8. The number of carbonyl (C=O) groups is 1. The molecule has 5 aromatic rings. The summed E-state index contributed by atoms with van der Waals surface area (Å²) in [4.78, 5) is 23.1. The number of amides is 1. The van der Waals surface area contributed by atoms with Gasteiger partial charge in [-0.3, -0.25) is 4.98 Å². The standard InChI is InChI=1S/C33H29N3O3S/c37-32(38)36(25-9-6-16-34-20-25)29-15-14-26(39-21-31-35-28-10-4-5-11-30(28)40-31)18-27(29)33(23-7-2-1-3-8-23)19-22-12-13-24(33)17-22/h1-11,14-16,18,20,22,24H,12-13,17,19,21H2,(H,37,38). The van der Waals surface area contributed by atoms with E-state index in [4.69, 9.17) is 9.72 Å². The van der Waals surface area contributed by atoms with Crippen LogP contribution in [0.1, 0.15) is 41.8 Å². The topological polar surface area (TPSA) is 75.5 Å². The maximum Gasteiger partial charge on any atom is 0.416 e. The van der Waals surface area contributed by atoms with Gasteiger partial charge in [0, 0.05) is 11.6 Å². The number of hydrogen-bond acceptors (Lipinski definition) is 5. The molecule has 2 heterocycles. The van der Waals surface area contributed by atoms with E-state index >= 15 is 0 Å². The van der Waals surface area contributed by atoms with Gasteiger partial charge in [-0.2, -0.15) is 0 Å². The molecular weight excluding hydrogens is 518 g/mol. The lowest BCUT2D eigenvalue weighted by atomic mass is 9.63. The molecule has 0 aliphatic heterocycles. The first-order valence-corrected chi connectivity index (χ1v) is 14.5. The van der Waals surface area contributed by atoms with Gasteiger partial charge >= 0.3 is 6.09 Å². The first-order chi connectivity index (χ1) is 19.6. The third-order valence-corrected chi connectivity index (χ3v) is 9.63. The Morgan fingerprint density at radius 1 is 1.02 bits per heavy atom. The second kappa shape index (κ2) is 10.1. The van der Waals surface area contributed by atoms with E-state index in [0.29, 0.717) is 35.6 Å². The molecule has 2 fully saturated rings. The predicted molar refractivity (Wildman–Crippen MR) is 157 cm³/mol. The number of aromatic nitrogens is 2. The van der Waals surface area contributed by atoms with Crippen LogP contribution in [0, 0.1) is 11.8 Å². The van der Waals surface area contributed by atoms with Crippen LogP contribution < -0.4 is 9.64 Å². The summed E-state index contributed by atoms with van der Waals surface area (Å²) in [6.45, 7) is 0.355. The minimum absolute atomic E-state index is 0.301. The number of anilines is 2. The van der Waals surface area contributed by atoms with Crippen LogP contribution in [0.15, 0.2) is 97.3 Å². The number of rotatable bonds is 7. The zero-order chi connectivity index (χ0) is 27.1. The van der Waals surface area contributed by atoms with E-state index in [2.05, 4.69) is 41.4 Å². The molecular formula is C33H29N3O3S. The average molecular weight is 548 g/mol. The van der Waals surface area contributed by atoms with Crippen molar-refractivity contribution in [2.45, 2.75) is 37.7 Å². The molecule has 3 aromatic carbocycles. The number of hydrogen-bond donors (Lipinski definition) is 1. The van der Waals surface area contributed by atoms with Gasteiger partial charge in [0.25, 0.3) is 0 Å². The maximum absolute atomic E-state index is 12.8. The number of ether oxygens (including phenoxy) is 1. The number of para-hydroxylation sites is 1. The van der Waals surface area contributed by atoms with Crippen molar-refractivity contribution in [2.75, 3.05) is 4.90 Å². The summed E-state index contributed by atoms with van der Waals surface area (Å²) >= 11 is 1.63. The van der Waals surface area contributed by atoms with Crippen LogP contribution in [-0.4, -0.2) is 21.2 Å². The second-order valence-electron chi connectivity index (χ2n) is 10.8. The van der Waals surface area contributed by atoms with Gasteiger partial charge in [0.05, 0.1) is 27.8 Å². The van der Waals surface area contributed by atoms with Gasteiger partial charge in [-0.1, -0.05) is 48.9 Å². The normalized spacial score (nSPS) is 21.5. The Kier molecular flexibility index (Phi) is 6.24. The molecule has 7 rings (SSSR count). The highest BCUT2D eigenvalue weighted by Gasteiger charge is 2.54. The lowest BCUT2D eigenvalue weighted by Gasteiger charge is -2.41. The number of fused-ring (bicyclic) bond motifs is 3. The zero-order valence-corrected chi connectivity index (χ0v) is 22.8. The van der Waals surface area contributed by atoms with Gasteiger partial charge in [0.1, 0.15) is 17.4 Å². The van der Waals surface area contributed by atoms with Crippen molar-refractivity contribution >= 4 is 39.0 Å². The predicted octanol–water partition coefficient (Wildman–Crippen LogP) is 8.19. The molecule has 1 amide bonds. The van der Waals surface area contributed by atoms with Crippen LogP contribution in [0.4, 0.5) is 16.2 Å². The number of benzene rings is 3. The Balaban J connectivity index is 1.36. The van der Waals surface area contributed by atoms with Crippen molar-refractivity contribution in [1.82, 2.24) is 9.97 Å². The fourth-order valence-electron chi connectivity index (χ4n) is 7.03. The summed E-state index contributed by atoms with van der Waals surface area (Å²) in [6, 6.07) is 28.2. The molecule has 6 nitrogen and oxygen atoms in total. The van der Waals surface area contributed by atoms with Gasteiger partial charge in [0.15, 0.2) is 0 Å². The lowest BCUT2D eigenvalue weighted by molar-refractivity contribution is 0.204. The van der Waals surface area contributed by atoms with E-state index in [-0.39, 0.29) is 5.41 Å². The molecule has 2 aromatic heterocycles. The zero-order valence-electron chi connectivity index (χ0n) is 21.9. The highest BCUT2D eigenvalue weighted by molar-refractivity contribution is 7.18. The van der Waals surface area contributed by atoms with Crippen molar-refractivity contribution < 1.29 is 14.6 Å². The molecule has 3 unspecified atom stereocenters. The van der Waals surface area contributed by atoms with Crippen molar-refractivity contribution in [2.24, 2.45) is 11.8 Å². The van der Waals surface area contributed by atoms with E-state index in [9.17, 15) is 9.90 Å². The van der Waals surface area contributed by atoms with Gasteiger partial charge in [-0.25, -0.2) is 14.7 Å². The van der Waals surface area contributed by atoms with Crippen molar-refractivity contribution in [3.63, 3.8) is 0 Å². The van der Waals surface area contributed by atoms with Gasteiger partial charge < -0.3 is 9.84 Å². The highest BCUT2D eigenvalue weighted by atomic mass is 32.1. The minimum Gasteiger partial charge on any atom is -0.486 e. The molecule has 2 saturated carbocycles. The molecule has 3 atom stereocenters. The summed E-state index contributed by atoms with van der Waals surface area (Å²) < 4.78 is 7.49. The summed E-state index contributed by atoms with van der Waals surface area (Å²) in [7, 11) is 0. The van der Waals surface area contributed by atoms with Crippen LogP contribution in [0.3, 0.4) is 0 Å². The average Bonchev–Trinajstić information content (AvgIpc) is 3.72. The largest absolute Gasteiger partial charge is 0.486 e. The smallest absolute Gasteiger partial charge is 0.416 e. The first kappa shape index (κ1) is 24.8. The summed E-state index contributed by atoms with van der Waals surface area (Å²) in [6.07, 6.45) is 6.74. The SMILES string of the molecule is O=C(O)N(c1cccnc1)c1ccc(OCc2nc3ccccc3s2)cc1C1(c2ccccc2)CC2CCC1C2. The quantitative estimate of drug-likeness (QED) is 0.222. The Labute approximate surface area is 236 Å². The third kappa shape index (κ3) is 4.21. The molecule has 2 bridgehead atoms. The number of thiazole rings is 1. The van der Waals surface area contributed by atoms with Crippen molar-refractivity contribution in [1.29, 1.82) is 0 Å². The molecule has 1 N–H and O–H groups in total. The molecule has 0 spiro atoms. The van der Waals surface area contributed by atoms with Gasteiger partial charge in [0.2, 0.25) is 0 Å². The van der Waals surface area contributed by atoms with E-state index in [1.54, 1.807) is 35.9 Å². The van der Waals surface area contributed by atoms with Crippen molar-refractivity contribution in [3.05, 3.63) is 113 Å². The Hall–Kier alpha value is -4.23.